The zero-order chi connectivity index (χ0) is 20.1. The number of fused-ring (bicyclic) bond motifs is 1. The summed E-state index contributed by atoms with van der Waals surface area (Å²) >= 11 is 9.47. The Morgan fingerprint density at radius 2 is 2.11 bits per heavy atom. The van der Waals surface area contributed by atoms with E-state index in [0.717, 1.165) is 0 Å². The van der Waals surface area contributed by atoms with Gasteiger partial charge in [-0.05, 0) is 53.5 Å². The lowest BCUT2D eigenvalue weighted by molar-refractivity contribution is -0.116. The molecule has 0 radical (unpaired) electrons. The fourth-order valence-electron chi connectivity index (χ4n) is 2.83. The number of aromatic amines is 1. The number of hydrogen-bond acceptors (Lipinski definition) is 4. The Kier molecular flexibility index (Phi) is 6.70. The summed E-state index contributed by atoms with van der Waals surface area (Å²) in [5.74, 6) is 0.941. The van der Waals surface area contributed by atoms with Crippen LogP contribution in [-0.4, -0.2) is 22.5 Å². The number of aryl methyl sites for hydroxylation is 1. The van der Waals surface area contributed by atoms with E-state index >= 15 is 0 Å². The zero-order valence-corrected chi connectivity index (χ0v) is 17.6. The second-order valence-corrected chi connectivity index (χ2v) is 7.42. The number of rotatable bonds is 7. The van der Waals surface area contributed by atoms with E-state index in [-0.39, 0.29) is 17.9 Å². The van der Waals surface area contributed by atoms with Gasteiger partial charge < -0.3 is 15.0 Å². The number of ether oxygens (including phenoxy) is 1. The minimum Gasteiger partial charge on any atom is -0.491 e. The van der Waals surface area contributed by atoms with Crippen LogP contribution in [0.1, 0.15) is 25.6 Å². The fourth-order valence-corrected chi connectivity index (χ4v) is 3.75. The first-order valence-corrected chi connectivity index (χ1v) is 10.0. The molecule has 0 fully saturated rings. The number of H-pyrrole nitrogens is 1. The molecule has 8 heteroatoms. The van der Waals surface area contributed by atoms with Crippen LogP contribution >= 0.6 is 27.5 Å². The van der Waals surface area contributed by atoms with Gasteiger partial charge in [0.25, 0.3) is 5.56 Å². The Balaban J connectivity index is 1.63. The molecule has 1 heterocycles. The number of para-hydroxylation sites is 1. The van der Waals surface area contributed by atoms with E-state index < -0.39 is 0 Å². The highest BCUT2D eigenvalue weighted by Gasteiger charge is 2.13. The Morgan fingerprint density at radius 1 is 1.32 bits per heavy atom. The molecule has 0 aliphatic carbocycles. The number of aromatic nitrogens is 2. The van der Waals surface area contributed by atoms with Crippen LogP contribution in [0.2, 0.25) is 5.02 Å². The smallest absolute Gasteiger partial charge is 0.258 e. The van der Waals surface area contributed by atoms with Gasteiger partial charge in [-0.25, -0.2) is 4.98 Å². The van der Waals surface area contributed by atoms with Gasteiger partial charge in [-0.3, -0.25) is 9.59 Å². The minimum absolute atomic E-state index is 0.168. The van der Waals surface area contributed by atoms with Crippen LogP contribution in [0.4, 0.5) is 5.69 Å². The van der Waals surface area contributed by atoms with Gasteiger partial charge in [-0.2, -0.15) is 0 Å². The zero-order valence-electron chi connectivity index (χ0n) is 15.2. The normalized spacial score (nSPS) is 10.8. The van der Waals surface area contributed by atoms with Crippen LogP contribution in [0.25, 0.3) is 10.9 Å². The molecule has 146 valence electrons. The van der Waals surface area contributed by atoms with Gasteiger partial charge in [-0.1, -0.05) is 23.7 Å². The monoisotopic (exact) mass is 463 g/mol. The lowest BCUT2D eigenvalue weighted by Crippen LogP contribution is -2.15. The Morgan fingerprint density at radius 3 is 2.89 bits per heavy atom. The lowest BCUT2D eigenvalue weighted by Gasteiger charge is -2.14. The molecule has 0 spiro atoms. The molecule has 0 saturated heterocycles. The summed E-state index contributed by atoms with van der Waals surface area (Å²) in [7, 11) is 0. The van der Waals surface area contributed by atoms with E-state index in [1.165, 1.54) is 0 Å². The molecule has 2 aromatic carbocycles. The summed E-state index contributed by atoms with van der Waals surface area (Å²) in [5.41, 5.74) is 0.995. The minimum atomic E-state index is -0.171. The fraction of sp³-hybridized carbons (Fsp3) is 0.250. The average molecular weight is 465 g/mol. The first-order valence-electron chi connectivity index (χ1n) is 8.87. The number of nitrogens with zero attached hydrogens (tertiary/aromatic N) is 1. The quantitative estimate of drug-likeness (QED) is 0.531. The predicted octanol–water partition coefficient (Wildman–Crippen LogP) is 4.70. The molecule has 0 saturated carbocycles. The number of nitrogens with one attached hydrogen (secondary N) is 2. The second-order valence-electron chi connectivity index (χ2n) is 6.13. The first kappa shape index (κ1) is 20.4. The van der Waals surface area contributed by atoms with Crippen molar-refractivity contribution in [3.05, 3.63) is 62.1 Å². The summed E-state index contributed by atoms with van der Waals surface area (Å²) in [6, 6.07) is 10.5. The standard InChI is InChI=1S/C20H19BrClN3O3/c1-2-28-19-14(21)10-12(22)11-16(19)24-18(26)9-5-8-17-23-15-7-4-3-6-13(15)20(27)25-17/h3-4,6-7,10-11H,2,5,8-9H2,1H3,(H,24,26)(H,23,25,27). The number of halogens is 2. The van der Waals surface area contributed by atoms with Crippen molar-refractivity contribution in [2.24, 2.45) is 0 Å². The van der Waals surface area contributed by atoms with Gasteiger partial charge in [0.1, 0.15) is 5.82 Å². The summed E-state index contributed by atoms with van der Waals surface area (Å²) < 4.78 is 6.26. The van der Waals surface area contributed by atoms with Crippen LogP contribution < -0.4 is 15.6 Å². The van der Waals surface area contributed by atoms with Gasteiger partial charge in [0, 0.05) is 17.9 Å². The molecular formula is C20H19BrClN3O3. The molecule has 0 unspecified atom stereocenters. The van der Waals surface area contributed by atoms with Crippen molar-refractivity contribution in [2.45, 2.75) is 26.2 Å². The Labute approximate surface area is 175 Å². The van der Waals surface area contributed by atoms with Crippen LogP contribution in [0.15, 0.2) is 45.7 Å². The topological polar surface area (TPSA) is 84.1 Å². The van der Waals surface area contributed by atoms with Crippen LogP contribution in [-0.2, 0) is 11.2 Å². The highest BCUT2D eigenvalue weighted by molar-refractivity contribution is 9.10. The van der Waals surface area contributed by atoms with Crippen molar-refractivity contribution in [2.75, 3.05) is 11.9 Å². The molecule has 28 heavy (non-hydrogen) atoms. The van der Waals surface area contributed by atoms with E-state index in [1.807, 2.05) is 13.0 Å². The van der Waals surface area contributed by atoms with E-state index in [0.29, 0.717) is 57.1 Å². The number of amides is 1. The summed E-state index contributed by atoms with van der Waals surface area (Å²) in [6.07, 6.45) is 1.30. The van der Waals surface area contributed by atoms with Gasteiger partial charge in [0.05, 0.1) is 27.7 Å². The molecule has 3 aromatic rings. The summed E-state index contributed by atoms with van der Waals surface area (Å²) in [6.45, 7) is 2.33. The van der Waals surface area contributed by atoms with Gasteiger partial charge >= 0.3 is 0 Å². The highest BCUT2D eigenvalue weighted by Crippen LogP contribution is 2.36. The maximum Gasteiger partial charge on any atom is 0.258 e. The first-order chi connectivity index (χ1) is 13.5. The number of carbonyl (C=O) groups excluding carboxylic acids is 1. The van der Waals surface area contributed by atoms with E-state index in [4.69, 9.17) is 16.3 Å². The van der Waals surface area contributed by atoms with Gasteiger partial charge in [0.2, 0.25) is 5.91 Å². The van der Waals surface area contributed by atoms with Crippen molar-refractivity contribution in [3.63, 3.8) is 0 Å². The van der Waals surface area contributed by atoms with Crippen LogP contribution in [0, 0.1) is 0 Å². The number of carbonyl (C=O) groups is 1. The second kappa shape index (κ2) is 9.21. The number of anilines is 1. The Hall–Kier alpha value is -2.38. The third-order valence-electron chi connectivity index (χ3n) is 4.05. The van der Waals surface area contributed by atoms with Crippen molar-refractivity contribution in [3.8, 4) is 5.75 Å². The molecule has 0 bridgehead atoms. The molecule has 0 atom stereocenters. The predicted molar refractivity (Wildman–Crippen MR) is 114 cm³/mol. The van der Waals surface area contributed by atoms with Crippen LogP contribution in [0.5, 0.6) is 5.75 Å². The van der Waals surface area contributed by atoms with Gasteiger partial charge in [-0.15, -0.1) is 0 Å². The van der Waals surface area contributed by atoms with E-state index in [2.05, 4.69) is 31.2 Å². The molecule has 3 rings (SSSR count). The van der Waals surface area contributed by atoms with E-state index in [9.17, 15) is 9.59 Å². The Bertz CT molecular complexity index is 1070. The molecule has 1 amide bonds. The maximum absolute atomic E-state index is 12.3. The average Bonchev–Trinajstić information content (AvgIpc) is 2.64. The van der Waals surface area contributed by atoms with Gasteiger partial charge in [0.15, 0.2) is 5.75 Å². The molecular weight excluding hydrogens is 446 g/mol. The molecule has 0 aliphatic heterocycles. The summed E-state index contributed by atoms with van der Waals surface area (Å²) in [5, 5.41) is 3.88. The third-order valence-corrected chi connectivity index (χ3v) is 4.86. The largest absolute Gasteiger partial charge is 0.491 e. The van der Waals surface area contributed by atoms with Crippen LogP contribution in [0.3, 0.4) is 0 Å². The lowest BCUT2D eigenvalue weighted by atomic mass is 10.2. The molecule has 1 aromatic heterocycles. The van der Waals surface area contributed by atoms with E-state index in [1.54, 1.807) is 30.3 Å². The molecule has 0 aliphatic rings. The van der Waals surface area contributed by atoms with Crippen molar-refractivity contribution >= 4 is 50.0 Å². The third kappa shape index (κ3) is 4.91. The van der Waals surface area contributed by atoms with Crippen molar-refractivity contribution in [1.29, 1.82) is 0 Å². The highest BCUT2D eigenvalue weighted by atomic mass is 79.9. The maximum atomic E-state index is 12.3. The number of benzene rings is 2. The molecule has 6 nitrogen and oxygen atoms in total. The summed E-state index contributed by atoms with van der Waals surface area (Å²) in [4.78, 5) is 31.7. The SMILES string of the molecule is CCOc1c(Br)cc(Cl)cc1NC(=O)CCCc1nc2ccccc2c(=O)[nH]1. The number of hydrogen-bond donors (Lipinski definition) is 2. The van der Waals surface area contributed by atoms with Crippen molar-refractivity contribution < 1.29 is 9.53 Å². The molecule has 2 N–H and O–H groups in total. The van der Waals surface area contributed by atoms with Crippen molar-refractivity contribution in [1.82, 2.24) is 9.97 Å².